The number of hydrogen-bond donors (Lipinski definition) is 0. The van der Waals surface area contributed by atoms with E-state index in [1.807, 2.05) is 48.5 Å². The van der Waals surface area contributed by atoms with Crippen LogP contribution in [0.5, 0.6) is 11.5 Å². The van der Waals surface area contributed by atoms with Crippen LogP contribution in [0.25, 0.3) is 0 Å². The maximum atomic E-state index is 5.77. The minimum Gasteiger partial charge on any atom is -0.496 e. The van der Waals surface area contributed by atoms with Crippen LogP contribution in [0.3, 0.4) is 0 Å². The van der Waals surface area contributed by atoms with E-state index in [4.69, 9.17) is 21.1 Å². The molecule has 0 heterocycles. The molecule has 0 aliphatic rings. The summed E-state index contributed by atoms with van der Waals surface area (Å²) >= 11 is 5.58. The Morgan fingerprint density at radius 2 is 1.81 bits per heavy atom. The first-order chi connectivity index (χ1) is 10.3. The highest BCUT2D eigenvalue weighted by atomic mass is 35.5. The van der Waals surface area contributed by atoms with Gasteiger partial charge in [0.05, 0.1) is 7.11 Å². The van der Waals surface area contributed by atoms with Crippen molar-refractivity contribution >= 4 is 11.6 Å². The van der Waals surface area contributed by atoms with Gasteiger partial charge in [0, 0.05) is 23.4 Å². The van der Waals surface area contributed by atoms with Crippen molar-refractivity contribution in [2.75, 3.05) is 13.0 Å². The van der Waals surface area contributed by atoms with Gasteiger partial charge in [-0.25, -0.2) is 0 Å². The molecule has 108 valence electrons. The average molecular weight is 301 g/mol. The van der Waals surface area contributed by atoms with Crippen molar-refractivity contribution in [3.05, 3.63) is 59.7 Å². The van der Waals surface area contributed by atoms with Gasteiger partial charge in [0.2, 0.25) is 0 Å². The quantitative estimate of drug-likeness (QED) is 0.607. The number of alkyl halides is 1. The van der Waals surface area contributed by atoms with E-state index in [0.29, 0.717) is 18.9 Å². The lowest BCUT2D eigenvalue weighted by Gasteiger charge is -2.10. The van der Waals surface area contributed by atoms with Gasteiger partial charge in [-0.15, -0.1) is 11.6 Å². The van der Waals surface area contributed by atoms with Gasteiger partial charge in [0.25, 0.3) is 0 Å². The van der Waals surface area contributed by atoms with E-state index < -0.39 is 0 Å². The monoisotopic (exact) mass is 300 g/mol. The van der Waals surface area contributed by atoms with Gasteiger partial charge >= 0.3 is 0 Å². The van der Waals surface area contributed by atoms with Crippen LogP contribution in [0.15, 0.2) is 48.5 Å². The minimum absolute atomic E-state index is 0.473. The molecule has 0 aliphatic carbocycles. The second kappa shape index (κ2) is 8.24. The first-order valence-electron chi connectivity index (χ1n) is 6.73. The van der Waals surface area contributed by atoms with E-state index in [9.17, 15) is 0 Å². The number of rotatable bonds is 5. The highest BCUT2D eigenvalue weighted by Gasteiger charge is 2.02. The molecule has 0 amide bonds. The molecule has 3 heteroatoms. The van der Waals surface area contributed by atoms with Crippen molar-refractivity contribution in [1.29, 1.82) is 0 Å². The molecule has 0 aliphatic heterocycles. The zero-order chi connectivity index (χ0) is 14.9. The van der Waals surface area contributed by atoms with Crippen LogP contribution in [-0.4, -0.2) is 13.0 Å². The first-order valence-corrected chi connectivity index (χ1v) is 7.26. The molecular formula is C18H17ClO2. The normalized spacial score (nSPS) is 9.62. The summed E-state index contributed by atoms with van der Waals surface area (Å²) < 4.78 is 11.1. The molecule has 21 heavy (non-hydrogen) atoms. The van der Waals surface area contributed by atoms with Crippen molar-refractivity contribution in [2.45, 2.75) is 13.0 Å². The summed E-state index contributed by atoms with van der Waals surface area (Å²) in [5.74, 6) is 8.27. The number of ether oxygens (including phenoxy) is 2. The Morgan fingerprint density at radius 3 is 2.52 bits per heavy atom. The third-order valence-electron chi connectivity index (χ3n) is 2.89. The van der Waals surface area contributed by atoms with E-state index in [-0.39, 0.29) is 0 Å². The van der Waals surface area contributed by atoms with E-state index in [1.54, 1.807) is 7.11 Å². The first kappa shape index (κ1) is 15.3. The summed E-state index contributed by atoms with van der Waals surface area (Å²) in [6, 6.07) is 15.5. The summed E-state index contributed by atoms with van der Waals surface area (Å²) in [6.07, 6.45) is 0.702. The van der Waals surface area contributed by atoms with Crippen molar-refractivity contribution in [3.63, 3.8) is 0 Å². The van der Waals surface area contributed by atoms with E-state index in [1.165, 1.54) is 0 Å². The topological polar surface area (TPSA) is 18.5 Å². The number of hydrogen-bond acceptors (Lipinski definition) is 2. The Bertz CT molecular complexity index is 624. The Balaban J connectivity index is 1.96. The van der Waals surface area contributed by atoms with Crippen LogP contribution < -0.4 is 9.47 Å². The van der Waals surface area contributed by atoms with Gasteiger partial charge in [-0.3, -0.25) is 0 Å². The van der Waals surface area contributed by atoms with Gasteiger partial charge in [-0.05, 0) is 30.3 Å². The molecule has 2 rings (SSSR count). The lowest BCUT2D eigenvalue weighted by atomic mass is 10.2. The molecule has 0 radical (unpaired) electrons. The van der Waals surface area contributed by atoms with Gasteiger partial charge in [0.15, 0.2) is 0 Å². The smallest absolute Gasteiger partial charge is 0.125 e. The van der Waals surface area contributed by atoms with Gasteiger partial charge in [-0.2, -0.15) is 0 Å². The highest BCUT2D eigenvalue weighted by molar-refractivity contribution is 6.18. The van der Waals surface area contributed by atoms with Crippen molar-refractivity contribution in [1.82, 2.24) is 0 Å². The van der Waals surface area contributed by atoms with Crippen LogP contribution in [-0.2, 0) is 6.61 Å². The van der Waals surface area contributed by atoms with Crippen LogP contribution in [0.4, 0.5) is 0 Å². The van der Waals surface area contributed by atoms with Gasteiger partial charge in [-0.1, -0.05) is 30.0 Å². The number of halogens is 1. The van der Waals surface area contributed by atoms with Crippen molar-refractivity contribution < 1.29 is 9.47 Å². The van der Waals surface area contributed by atoms with E-state index in [2.05, 4.69) is 11.8 Å². The van der Waals surface area contributed by atoms with E-state index in [0.717, 1.165) is 22.6 Å². The van der Waals surface area contributed by atoms with Crippen molar-refractivity contribution in [2.24, 2.45) is 0 Å². The maximum Gasteiger partial charge on any atom is 0.125 e. The molecule has 0 N–H and O–H groups in total. The Hall–Kier alpha value is -2.11. The maximum absolute atomic E-state index is 5.77. The van der Waals surface area contributed by atoms with E-state index >= 15 is 0 Å². The lowest BCUT2D eigenvalue weighted by molar-refractivity contribution is 0.296. The fraction of sp³-hybridized carbons (Fsp3) is 0.222. The SMILES string of the molecule is COc1ccccc1COc1ccc(C#CCCCl)cc1. The van der Waals surface area contributed by atoms with Gasteiger partial charge < -0.3 is 9.47 Å². The molecular weight excluding hydrogens is 284 g/mol. The Morgan fingerprint density at radius 1 is 1.05 bits per heavy atom. The fourth-order valence-corrected chi connectivity index (χ4v) is 1.92. The Kier molecular flexibility index (Phi) is 5.99. The molecule has 0 spiro atoms. The zero-order valence-corrected chi connectivity index (χ0v) is 12.7. The molecule has 2 nitrogen and oxygen atoms in total. The van der Waals surface area contributed by atoms with Crippen LogP contribution in [0.1, 0.15) is 17.5 Å². The third-order valence-corrected chi connectivity index (χ3v) is 3.08. The number of methoxy groups -OCH3 is 1. The Labute approximate surface area is 130 Å². The molecule has 0 bridgehead atoms. The molecule has 0 atom stereocenters. The molecule has 0 saturated carbocycles. The largest absolute Gasteiger partial charge is 0.496 e. The molecule has 2 aromatic carbocycles. The second-order valence-electron chi connectivity index (χ2n) is 4.37. The standard InChI is InChI=1S/C18H17ClO2/c1-20-18-8-3-2-7-16(18)14-21-17-11-9-15(10-12-17)6-4-5-13-19/h2-3,7-12H,5,13-14H2,1H3. The third kappa shape index (κ3) is 4.73. The molecule has 0 unspecified atom stereocenters. The minimum atomic E-state index is 0.473. The van der Waals surface area contributed by atoms with Gasteiger partial charge in [0.1, 0.15) is 18.1 Å². The molecule has 0 saturated heterocycles. The summed E-state index contributed by atoms with van der Waals surface area (Å²) in [6.45, 7) is 0.473. The summed E-state index contributed by atoms with van der Waals surface area (Å²) in [7, 11) is 1.66. The molecule has 0 fully saturated rings. The fourth-order valence-electron chi connectivity index (χ4n) is 1.83. The predicted octanol–water partition coefficient (Wildman–Crippen LogP) is 4.25. The summed E-state index contributed by atoms with van der Waals surface area (Å²) in [5.41, 5.74) is 1.98. The average Bonchev–Trinajstić information content (AvgIpc) is 2.54. The highest BCUT2D eigenvalue weighted by Crippen LogP contribution is 2.20. The van der Waals surface area contributed by atoms with Crippen molar-refractivity contribution in [3.8, 4) is 23.3 Å². The second-order valence-corrected chi connectivity index (χ2v) is 4.74. The summed E-state index contributed by atoms with van der Waals surface area (Å²) in [4.78, 5) is 0. The molecule has 2 aromatic rings. The van der Waals surface area contributed by atoms with Crippen LogP contribution >= 0.6 is 11.6 Å². The number of benzene rings is 2. The zero-order valence-electron chi connectivity index (χ0n) is 11.9. The lowest BCUT2D eigenvalue weighted by Crippen LogP contribution is -1.98. The van der Waals surface area contributed by atoms with Crippen LogP contribution in [0, 0.1) is 11.8 Å². The molecule has 0 aromatic heterocycles. The summed E-state index contributed by atoms with van der Waals surface area (Å²) in [5, 5.41) is 0. The predicted molar refractivity (Wildman–Crippen MR) is 86.0 cm³/mol. The van der Waals surface area contributed by atoms with Crippen LogP contribution in [0.2, 0.25) is 0 Å². The number of para-hydroxylation sites is 1.